The Bertz CT molecular complexity index is 378. The Morgan fingerprint density at radius 3 is 2.67 bits per heavy atom. The van der Waals surface area contributed by atoms with Gasteiger partial charge in [-0.3, -0.25) is 0 Å². The van der Waals surface area contributed by atoms with Crippen LogP contribution in [-0.4, -0.2) is 16.5 Å². The average Bonchev–Trinajstić information content (AvgIpc) is 2.27. The van der Waals surface area contributed by atoms with Gasteiger partial charge in [-0.25, -0.2) is 0 Å². The number of allylic oxidation sites excluding steroid dienone is 5. The number of nitrogens with one attached hydrogen (secondary N) is 1. The van der Waals surface area contributed by atoms with Crippen molar-refractivity contribution in [1.29, 1.82) is 0 Å². The number of hydroxylamine groups is 1. The standard InChI is InChI=1S/C15H25NO2/c1-11(10-14(17)16-18)7-8-13-12(2)6-5-9-15(13,3)4/h7-8,10,14,16-18H,5-6,9H2,1-4H3. The molecule has 1 aliphatic rings. The zero-order valence-electron chi connectivity index (χ0n) is 11.8. The predicted molar refractivity (Wildman–Crippen MR) is 74.2 cm³/mol. The van der Waals surface area contributed by atoms with Gasteiger partial charge in [0.05, 0.1) is 0 Å². The lowest BCUT2D eigenvalue weighted by Crippen LogP contribution is -2.22. The van der Waals surface area contributed by atoms with Crippen molar-refractivity contribution in [3.05, 3.63) is 34.9 Å². The van der Waals surface area contributed by atoms with Crippen LogP contribution in [0.2, 0.25) is 0 Å². The summed E-state index contributed by atoms with van der Waals surface area (Å²) in [5.41, 5.74) is 5.79. The first-order chi connectivity index (χ1) is 8.36. The van der Waals surface area contributed by atoms with E-state index in [2.05, 4.69) is 26.8 Å². The SMILES string of the molecule is CC(C=CC1=C(C)CCCC1(C)C)=CC(O)NO. The summed E-state index contributed by atoms with van der Waals surface area (Å²) in [7, 11) is 0. The van der Waals surface area contributed by atoms with Crippen LogP contribution >= 0.6 is 0 Å². The number of aliphatic hydroxyl groups is 1. The van der Waals surface area contributed by atoms with Crippen molar-refractivity contribution in [2.75, 3.05) is 0 Å². The molecule has 1 rings (SSSR count). The van der Waals surface area contributed by atoms with Crippen molar-refractivity contribution in [1.82, 2.24) is 5.48 Å². The number of hydrogen-bond acceptors (Lipinski definition) is 3. The smallest absolute Gasteiger partial charge is 0.146 e. The van der Waals surface area contributed by atoms with Gasteiger partial charge < -0.3 is 10.3 Å². The average molecular weight is 251 g/mol. The quantitative estimate of drug-likeness (QED) is 0.408. The van der Waals surface area contributed by atoms with Gasteiger partial charge in [0.15, 0.2) is 0 Å². The van der Waals surface area contributed by atoms with E-state index in [1.54, 1.807) is 11.6 Å². The van der Waals surface area contributed by atoms with E-state index >= 15 is 0 Å². The van der Waals surface area contributed by atoms with Gasteiger partial charge in [0.25, 0.3) is 0 Å². The van der Waals surface area contributed by atoms with Crippen molar-refractivity contribution in [3.8, 4) is 0 Å². The Morgan fingerprint density at radius 1 is 1.44 bits per heavy atom. The third-order valence-corrected chi connectivity index (χ3v) is 3.61. The third kappa shape index (κ3) is 4.09. The van der Waals surface area contributed by atoms with Crippen LogP contribution in [0.3, 0.4) is 0 Å². The van der Waals surface area contributed by atoms with E-state index in [0.717, 1.165) is 5.57 Å². The summed E-state index contributed by atoms with van der Waals surface area (Å²) in [6, 6.07) is 0. The van der Waals surface area contributed by atoms with Crippen LogP contribution in [0.15, 0.2) is 34.9 Å². The molecule has 0 amide bonds. The van der Waals surface area contributed by atoms with E-state index in [9.17, 15) is 5.11 Å². The number of rotatable bonds is 4. The minimum Gasteiger partial charge on any atom is -0.373 e. The van der Waals surface area contributed by atoms with Crippen LogP contribution in [0, 0.1) is 5.41 Å². The Kier molecular flexibility index (Phi) is 5.32. The molecule has 0 aromatic carbocycles. The Morgan fingerprint density at radius 2 is 2.11 bits per heavy atom. The summed E-state index contributed by atoms with van der Waals surface area (Å²) >= 11 is 0. The summed E-state index contributed by atoms with van der Waals surface area (Å²) in [5, 5.41) is 17.8. The molecule has 0 aliphatic heterocycles. The van der Waals surface area contributed by atoms with Crippen LogP contribution in [-0.2, 0) is 0 Å². The maximum Gasteiger partial charge on any atom is 0.146 e. The van der Waals surface area contributed by atoms with Crippen LogP contribution in [0.5, 0.6) is 0 Å². The fraction of sp³-hybridized carbons (Fsp3) is 0.600. The number of aliphatic hydroxyl groups excluding tert-OH is 1. The van der Waals surface area contributed by atoms with Crippen molar-refractivity contribution in [2.24, 2.45) is 5.41 Å². The topological polar surface area (TPSA) is 52.5 Å². The van der Waals surface area contributed by atoms with E-state index < -0.39 is 6.23 Å². The van der Waals surface area contributed by atoms with Gasteiger partial charge in [0.1, 0.15) is 6.23 Å². The molecule has 0 fully saturated rings. The van der Waals surface area contributed by atoms with Gasteiger partial charge in [-0.05, 0) is 50.2 Å². The van der Waals surface area contributed by atoms with Gasteiger partial charge in [-0.2, -0.15) is 5.48 Å². The third-order valence-electron chi connectivity index (χ3n) is 3.61. The molecular weight excluding hydrogens is 226 g/mol. The van der Waals surface area contributed by atoms with Crippen molar-refractivity contribution >= 4 is 0 Å². The van der Waals surface area contributed by atoms with Gasteiger partial charge >= 0.3 is 0 Å². The highest BCUT2D eigenvalue weighted by Crippen LogP contribution is 2.40. The molecule has 3 nitrogen and oxygen atoms in total. The Labute approximate surface area is 110 Å². The minimum atomic E-state index is -1.01. The lowest BCUT2D eigenvalue weighted by atomic mass is 9.72. The molecule has 102 valence electrons. The molecular formula is C15H25NO2. The van der Waals surface area contributed by atoms with Crippen LogP contribution in [0.1, 0.15) is 47.0 Å². The van der Waals surface area contributed by atoms with Crippen molar-refractivity contribution in [3.63, 3.8) is 0 Å². The van der Waals surface area contributed by atoms with E-state index in [4.69, 9.17) is 5.21 Å². The highest BCUT2D eigenvalue weighted by molar-refractivity contribution is 5.36. The highest BCUT2D eigenvalue weighted by Gasteiger charge is 2.26. The van der Waals surface area contributed by atoms with Gasteiger partial charge in [0.2, 0.25) is 0 Å². The van der Waals surface area contributed by atoms with Gasteiger partial charge in [-0.1, -0.05) is 37.1 Å². The van der Waals surface area contributed by atoms with Gasteiger partial charge in [0, 0.05) is 0 Å². The molecule has 0 aromatic rings. The first-order valence-corrected chi connectivity index (χ1v) is 6.51. The van der Waals surface area contributed by atoms with E-state index in [-0.39, 0.29) is 5.41 Å². The molecule has 0 radical (unpaired) electrons. The molecule has 1 unspecified atom stereocenters. The monoisotopic (exact) mass is 251 g/mol. The Balaban J connectivity index is 2.85. The second kappa shape index (κ2) is 6.32. The summed E-state index contributed by atoms with van der Waals surface area (Å²) in [5.74, 6) is 0. The summed E-state index contributed by atoms with van der Waals surface area (Å²) in [6.07, 6.45) is 8.35. The lowest BCUT2D eigenvalue weighted by Gasteiger charge is -2.32. The molecule has 3 N–H and O–H groups in total. The first kappa shape index (κ1) is 15.2. The predicted octanol–water partition coefficient (Wildman–Crippen LogP) is 3.31. The van der Waals surface area contributed by atoms with Crippen LogP contribution in [0.4, 0.5) is 0 Å². The molecule has 0 saturated heterocycles. The zero-order valence-corrected chi connectivity index (χ0v) is 11.8. The molecule has 18 heavy (non-hydrogen) atoms. The van der Waals surface area contributed by atoms with Crippen molar-refractivity contribution in [2.45, 2.75) is 53.2 Å². The number of hydrogen-bond donors (Lipinski definition) is 3. The second-order valence-electron chi connectivity index (χ2n) is 5.75. The highest BCUT2D eigenvalue weighted by atomic mass is 16.5. The minimum absolute atomic E-state index is 0.229. The van der Waals surface area contributed by atoms with E-state index in [1.165, 1.54) is 30.4 Å². The first-order valence-electron chi connectivity index (χ1n) is 6.51. The molecule has 0 aromatic heterocycles. The summed E-state index contributed by atoms with van der Waals surface area (Å²) in [6.45, 7) is 8.66. The molecule has 0 bridgehead atoms. The zero-order chi connectivity index (χ0) is 13.8. The molecule has 0 saturated carbocycles. The van der Waals surface area contributed by atoms with Crippen molar-refractivity contribution < 1.29 is 10.3 Å². The fourth-order valence-electron chi connectivity index (χ4n) is 2.57. The molecule has 0 heterocycles. The lowest BCUT2D eigenvalue weighted by molar-refractivity contribution is 0.0315. The van der Waals surface area contributed by atoms with E-state index in [1.807, 2.05) is 13.0 Å². The molecule has 0 spiro atoms. The normalized spacial score (nSPS) is 22.7. The largest absolute Gasteiger partial charge is 0.373 e. The summed E-state index contributed by atoms with van der Waals surface area (Å²) < 4.78 is 0. The fourth-order valence-corrected chi connectivity index (χ4v) is 2.57. The van der Waals surface area contributed by atoms with Gasteiger partial charge in [-0.15, -0.1) is 0 Å². The maximum absolute atomic E-state index is 9.24. The Hall–Kier alpha value is -0.900. The second-order valence-corrected chi connectivity index (χ2v) is 5.75. The molecule has 1 atom stereocenters. The maximum atomic E-state index is 9.24. The van der Waals surface area contributed by atoms with Crippen LogP contribution < -0.4 is 5.48 Å². The van der Waals surface area contributed by atoms with E-state index in [0.29, 0.717) is 0 Å². The summed E-state index contributed by atoms with van der Waals surface area (Å²) in [4.78, 5) is 0. The van der Waals surface area contributed by atoms with Crippen LogP contribution in [0.25, 0.3) is 0 Å². The molecule has 1 aliphatic carbocycles. The molecule has 3 heteroatoms.